The summed E-state index contributed by atoms with van der Waals surface area (Å²) < 4.78 is 5.24. The maximum Gasteiger partial charge on any atom is 0.132 e. The summed E-state index contributed by atoms with van der Waals surface area (Å²) >= 11 is 5.64. The zero-order valence-corrected chi connectivity index (χ0v) is 9.05. The molecule has 0 aromatic rings. The van der Waals surface area contributed by atoms with Gasteiger partial charge < -0.3 is 4.74 Å². The van der Waals surface area contributed by atoms with Crippen LogP contribution in [-0.4, -0.2) is 13.0 Å². The summed E-state index contributed by atoms with van der Waals surface area (Å²) in [5.41, 5.74) is -0.581. The number of hydrogen-bond donors (Lipinski definition) is 0. The molecule has 0 bridgehead atoms. The van der Waals surface area contributed by atoms with Crippen molar-refractivity contribution in [3.8, 4) is 6.07 Å². The Balaban J connectivity index is 2.85. The molecular formula is C11H14ClNO. The SMILES string of the molecule is COC1=CCC=CC1(C#N)CCCCl. The lowest BCUT2D eigenvalue weighted by atomic mass is 9.79. The van der Waals surface area contributed by atoms with Crippen molar-refractivity contribution in [2.45, 2.75) is 19.3 Å². The van der Waals surface area contributed by atoms with Gasteiger partial charge in [0, 0.05) is 5.88 Å². The standard InChI is InChI=1S/C11H14ClNO/c1-14-10-5-2-3-6-11(10,9-13)7-4-8-12/h3,5-6H,2,4,7-8H2,1H3. The largest absolute Gasteiger partial charge is 0.499 e. The first-order valence-corrected chi connectivity index (χ1v) is 5.22. The predicted octanol–water partition coefficient (Wildman–Crippen LogP) is 3.01. The van der Waals surface area contributed by atoms with Gasteiger partial charge in [-0.25, -0.2) is 0 Å². The van der Waals surface area contributed by atoms with Crippen molar-refractivity contribution in [3.05, 3.63) is 24.0 Å². The van der Waals surface area contributed by atoms with Crippen LogP contribution in [0.25, 0.3) is 0 Å². The monoisotopic (exact) mass is 211 g/mol. The maximum absolute atomic E-state index is 9.20. The smallest absolute Gasteiger partial charge is 0.132 e. The van der Waals surface area contributed by atoms with Gasteiger partial charge in [0.1, 0.15) is 11.2 Å². The van der Waals surface area contributed by atoms with E-state index in [4.69, 9.17) is 16.3 Å². The van der Waals surface area contributed by atoms with E-state index in [0.29, 0.717) is 5.88 Å². The van der Waals surface area contributed by atoms with Gasteiger partial charge in [0.05, 0.1) is 13.2 Å². The van der Waals surface area contributed by atoms with E-state index in [9.17, 15) is 5.26 Å². The van der Waals surface area contributed by atoms with Crippen LogP contribution in [0.5, 0.6) is 0 Å². The normalized spacial score (nSPS) is 25.4. The van der Waals surface area contributed by atoms with E-state index in [-0.39, 0.29) is 0 Å². The Kier molecular flexibility index (Phi) is 4.03. The lowest BCUT2D eigenvalue weighted by Gasteiger charge is -2.27. The minimum absolute atomic E-state index is 0.578. The lowest BCUT2D eigenvalue weighted by molar-refractivity contribution is 0.220. The van der Waals surface area contributed by atoms with E-state index in [1.165, 1.54) is 0 Å². The Morgan fingerprint density at radius 1 is 1.71 bits per heavy atom. The number of nitriles is 1. The number of alkyl halides is 1. The second kappa shape index (κ2) is 5.07. The zero-order valence-electron chi connectivity index (χ0n) is 8.29. The van der Waals surface area contributed by atoms with Crippen molar-refractivity contribution in [1.82, 2.24) is 0 Å². The highest BCUT2D eigenvalue weighted by Gasteiger charge is 2.33. The molecule has 0 N–H and O–H groups in total. The minimum Gasteiger partial charge on any atom is -0.499 e. The minimum atomic E-state index is -0.581. The molecular weight excluding hydrogens is 198 g/mol. The fourth-order valence-corrected chi connectivity index (χ4v) is 1.81. The summed E-state index contributed by atoms with van der Waals surface area (Å²) in [6.45, 7) is 0. The predicted molar refractivity (Wildman–Crippen MR) is 56.8 cm³/mol. The summed E-state index contributed by atoms with van der Waals surface area (Å²) in [5.74, 6) is 1.33. The third kappa shape index (κ3) is 2.10. The first-order valence-electron chi connectivity index (χ1n) is 4.68. The number of ether oxygens (including phenoxy) is 1. The van der Waals surface area contributed by atoms with Crippen molar-refractivity contribution in [2.24, 2.45) is 5.41 Å². The molecule has 0 aliphatic heterocycles. The Morgan fingerprint density at radius 3 is 3.07 bits per heavy atom. The molecule has 1 aliphatic rings. The van der Waals surface area contributed by atoms with Crippen molar-refractivity contribution >= 4 is 11.6 Å². The number of hydrogen-bond acceptors (Lipinski definition) is 2. The molecule has 0 aromatic carbocycles. The van der Waals surface area contributed by atoms with Crippen LogP contribution in [0.1, 0.15) is 19.3 Å². The third-order valence-electron chi connectivity index (χ3n) is 2.41. The average molecular weight is 212 g/mol. The molecule has 76 valence electrons. The van der Waals surface area contributed by atoms with Gasteiger partial charge in [-0.1, -0.05) is 12.2 Å². The molecule has 1 unspecified atom stereocenters. The van der Waals surface area contributed by atoms with E-state index < -0.39 is 5.41 Å². The molecule has 0 spiro atoms. The van der Waals surface area contributed by atoms with Crippen LogP contribution in [-0.2, 0) is 4.74 Å². The van der Waals surface area contributed by atoms with Crippen molar-refractivity contribution in [1.29, 1.82) is 5.26 Å². The average Bonchev–Trinajstić information content (AvgIpc) is 2.26. The van der Waals surface area contributed by atoms with Crippen molar-refractivity contribution in [3.63, 3.8) is 0 Å². The zero-order chi connectivity index (χ0) is 10.4. The first-order chi connectivity index (χ1) is 6.79. The van der Waals surface area contributed by atoms with Gasteiger partial charge in [0.2, 0.25) is 0 Å². The topological polar surface area (TPSA) is 33.0 Å². The molecule has 1 rings (SSSR count). The summed E-state index contributed by atoms with van der Waals surface area (Å²) in [7, 11) is 1.61. The highest BCUT2D eigenvalue weighted by molar-refractivity contribution is 6.17. The van der Waals surface area contributed by atoms with Gasteiger partial charge in [0.15, 0.2) is 0 Å². The number of halogens is 1. The Labute approximate surface area is 89.8 Å². The molecule has 2 nitrogen and oxygen atoms in total. The van der Waals surface area contributed by atoms with E-state index in [1.54, 1.807) is 7.11 Å². The molecule has 0 fully saturated rings. The molecule has 0 saturated carbocycles. The summed E-state index contributed by atoms with van der Waals surface area (Å²) in [6, 6.07) is 2.31. The highest BCUT2D eigenvalue weighted by Crippen LogP contribution is 2.37. The van der Waals surface area contributed by atoms with E-state index in [2.05, 4.69) is 6.07 Å². The Bertz CT molecular complexity index is 290. The molecule has 1 atom stereocenters. The van der Waals surface area contributed by atoms with Gasteiger partial charge in [0.25, 0.3) is 0 Å². The molecule has 1 aliphatic carbocycles. The van der Waals surface area contributed by atoms with Crippen LogP contribution in [0.4, 0.5) is 0 Å². The summed E-state index contributed by atoms with van der Waals surface area (Å²) in [5, 5.41) is 9.20. The van der Waals surface area contributed by atoms with Crippen LogP contribution in [0.2, 0.25) is 0 Å². The van der Waals surface area contributed by atoms with Gasteiger partial charge in [-0.3, -0.25) is 0 Å². The fourth-order valence-electron chi connectivity index (χ4n) is 1.67. The third-order valence-corrected chi connectivity index (χ3v) is 2.67. The van der Waals surface area contributed by atoms with Crippen LogP contribution >= 0.6 is 11.6 Å². The van der Waals surface area contributed by atoms with Crippen LogP contribution in [0.15, 0.2) is 24.0 Å². The molecule has 0 radical (unpaired) electrons. The molecule has 0 saturated heterocycles. The molecule has 3 heteroatoms. The second-order valence-electron chi connectivity index (χ2n) is 3.29. The van der Waals surface area contributed by atoms with E-state index in [0.717, 1.165) is 25.0 Å². The maximum atomic E-state index is 9.20. The highest BCUT2D eigenvalue weighted by atomic mass is 35.5. The number of allylic oxidation sites excluding steroid dienone is 3. The quantitative estimate of drug-likeness (QED) is 0.529. The van der Waals surface area contributed by atoms with Crippen LogP contribution in [0.3, 0.4) is 0 Å². The molecule has 0 heterocycles. The second-order valence-corrected chi connectivity index (χ2v) is 3.66. The van der Waals surface area contributed by atoms with E-state index >= 15 is 0 Å². The van der Waals surface area contributed by atoms with Crippen molar-refractivity contribution in [2.75, 3.05) is 13.0 Å². The fraction of sp³-hybridized carbons (Fsp3) is 0.545. The van der Waals surface area contributed by atoms with Crippen LogP contribution in [0, 0.1) is 16.7 Å². The number of rotatable bonds is 4. The Hall–Kier alpha value is -0.940. The van der Waals surface area contributed by atoms with Crippen LogP contribution < -0.4 is 0 Å². The first kappa shape index (κ1) is 11.1. The molecule has 14 heavy (non-hydrogen) atoms. The number of methoxy groups -OCH3 is 1. The number of nitrogens with zero attached hydrogens (tertiary/aromatic N) is 1. The Morgan fingerprint density at radius 2 is 2.50 bits per heavy atom. The summed E-state index contributed by atoms with van der Waals surface area (Å²) in [6.07, 6.45) is 8.27. The molecule has 0 amide bonds. The summed E-state index contributed by atoms with van der Waals surface area (Å²) in [4.78, 5) is 0. The van der Waals surface area contributed by atoms with Gasteiger partial charge in [-0.2, -0.15) is 5.26 Å². The van der Waals surface area contributed by atoms with E-state index in [1.807, 2.05) is 18.2 Å². The van der Waals surface area contributed by atoms with Gasteiger partial charge in [-0.15, -0.1) is 11.6 Å². The lowest BCUT2D eigenvalue weighted by Crippen LogP contribution is -2.22. The molecule has 0 aromatic heterocycles. The van der Waals surface area contributed by atoms with Gasteiger partial charge in [-0.05, 0) is 25.3 Å². The van der Waals surface area contributed by atoms with Gasteiger partial charge >= 0.3 is 0 Å². The van der Waals surface area contributed by atoms with Crippen molar-refractivity contribution < 1.29 is 4.74 Å².